The first-order valence-electron chi connectivity index (χ1n) is 7.19. The van der Waals surface area contributed by atoms with Gasteiger partial charge in [0, 0.05) is 17.0 Å². The van der Waals surface area contributed by atoms with Gasteiger partial charge in [-0.25, -0.2) is 0 Å². The second-order valence-electron chi connectivity index (χ2n) is 5.69. The van der Waals surface area contributed by atoms with Crippen LogP contribution in [0.2, 0.25) is 0 Å². The van der Waals surface area contributed by atoms with E-state index in [1.54, 1.807) is 18.2 Å². The van der Waals surface area contributed by atoms with Gasteiger partial charge in [-0.15, -0.1) is 0 Å². The van der Waals surface area contributed by atoms with E-state index < -0.39 is 5.54 Å². The number of carbonyl (C=O) groups excluding carboxylic acids is 1. The lowest BCUT2D eigenvalue weighted by atomic mass is 9.98. The van der Waals surface area contributed by atoms with Crippen molar-refractivity contribution in [2.75, 3.05) is 6.61 Å². The topological polar surface area (TPSA) is 82.2 Å². The monoisotopic (exact) mass is 286 g/mol. The molecule has 0 aliphatic heterocycles. The Morgan fingerprint density at radius 3 is 2.71 bits per heavy atom. The summed E-state index contributed by atoms with van der Waals surface area (Å²) in [4.78, 5) is 27.4. The SMILES string of the molecule is O=C(NC1(CO)CCCC1)c1cc(=O)c2ccccc2[nH]1. The first kappa shape index (κ1) is 13.8. The Morgan fingerprint density at radius 1 is 1.29 bits per heavy atom. The molecular formula is C16H18N2O3. The highest BCUT2D eigenvalue weighted by molar-refractivity contribution is 5.95. The summed E-state index contributed by atoms with van der Waals surface area (Å²) < 4.78 is 0. The highest BCUT2D eigenvalue weighted by atomic mass is 16.3. The van der Waals surface area contributed by atoms with Gasteiger partial charge < -0.3 is 15.4 Å². The molecule has 0 saturated heterocycles. The number of benzene rings is 1. The largest absolute Gasteiger partial charge is 0.394 e. The van der Waals surface area contributed by atoms with Crippen LogP contribution in [0.3, 0.4) is 0 Å². The highest BCUT2D eigenvalue weighted by Gasteiger charge is 2.35. The lowest BCUT2D eigenvalue weighted by Crippen LogP contribution is -2.49. The second-order valence-corrected chi connectivity index (χ2v) is 5.69. The number of para-hydroxylation sites is 1. The normalized spacial score (nSPS) is 17.0. The fourth-order valence-corrected chi connectivity index (χ4v) is 3.00. The zero-order valence-electron chi connectivity index (χ0n) is 11.7. The van der Waals surface area contributed by atoms with Crippen LogP contribution in [0, 0.1) is 0 Å². The number of aromatic nitrogens is 1. The quantitative estimate of drug-likeness (QED) is 0.801. The molecule has 1 heterocycles. The van der Waals surface area contributed by atoms with Gasteiger partial charge in [-0.05, 0) is 25.0 Å². The van der Waals surface area contributed by atoms with Crippen LogP contribution in [-0.2, 0) is 0 Å². The number of nitrogens with one attached hydrogen (secondary N) is 2. The van der Waals surface area contributed by atoms with Gasteiger partial charge in [0.15, 0.2) is 5.43 Å². The van der Waals surface area contributed by atoms with Crippen LogP contribution in [0.5, 0.6) is 0 Å². The van der Waals surface area contributed by atoms with E-state index in [1.165, 1.54) is 6.07 Å². The molecular weight excluding hydrogens is 268 g/mol. The average molecular weight is 286 g/mol. The van der Waals surface area contributed by atoms with Gasteiger partial charge in [0.1, 0.15) is 5.69 Å². The first-order chi connectivity index (χ1) is 10.1. The fraction of sp³-hybridized carbons (Fsp3) is 0.375. The summed E-state index contributed by atoms with van der Waals surface area (Å²) in [5.41, 5.74) is 0.150. The fourth-order valence-electron chi connectivity index (χ4n) is 3.00. The lowest BCUT2D eigenvalue weighted by molar-refractivity contribution is 0.0833. The molecule has 1 saturated carbocycles. The zero-order valence-corrected chi connectivity index (χ0v) is 11.7. The molecule has 2 aromatic rings. The minimum Gasteiger partial charge on any atom is -0.394 e. The maximum atomic E-state index is 12.4. The predicted octanol–water partition coefficient (Wildman–Crippen LogP) is 1.56. The number of aliphatic hydroxyl groups is 1. The summed E-state index contributed by atoms with van der Waals surface area (Å²) in [5, 5.41) is 13.0. The Hall–Kier alpha value is -2.14. The molecule has 1 aliphatic carbocycles. The first-order valence-corrected chi connectivity index (χ1v) is 7.19. The number of amides is 1. The highest BCUT2D eigenvalue weighted by Crippen LogP contribution is 2.29. The molecule has 1 aliphatic rings. The predicted molar refractivity (Wildman–Crippen MR) is 80.3 cm³/mol. The number of H-pyrrole nitrogens is 1. The molecule has 110 valence electrons. The molecule has 5 heteroatoms. The van der Waals surface area contributed by atoms with Crippen molar-refractivity contribution in [1.82, 2.24) is 10.3 Å². The van der Waals surface area contributed by atoms with Crippen molar-refractivity contribution in [3.8, 4) is 0 Å². The Labute approximate surface area is 122 Å². The van der Waals surface area contributed by atoms with Crippen LogP contribution in [0.1, 0.15) is 36.2 Å². The van der Waals surface area contributed by atoms with Crippen molar-refractivity contribution < 1.29 is 9.90 Å². The lowest BCUT2D eigenvalue weighted by Gasteiger charge is -2.27. The van der Waals surface area contributed by atoms with Gasteiger partial charge in [-0.2, -0.15) is 0 Å². The maximum absolute atomic E-state index is 12.4. The van der Waals surface area contributed by atoms with Gasteiger partial charge in [0.05, 0.1) is 12.1 Å². The number of hydrogen-bond donors (Lipinski definition) is 3. The van der Waals surface area contributed by atoms with Gasteiger partial charge in [0.2, 0.25) is 0 Å². The number of pyridine rings is 1. The summed E-state index contributed by atoms with van der Waals surface area (Å²) in [6.07, 6.45) is 3.53. The van der Waals surface area contributed by atoms with E-state index in [0.717, 1.165) is 25.7 Å². The van der Waals surface area contributed by atoms with Crippen LogP contribution in [-0.4, -0.2) is 28.1 Å². The molecule has 3 N–H and O–H groups in total. The molecule has 0 bridgehead atoms. The minimum atomic E-state index is -0.542. The molecule has 0 unspecified atom stereocenters. The van der Waals surface area contributed by atoms with Crippen LogP contribution >= 0.6 is 0 Å². The minimum absolute atomic E-state index is 0.0729. The summed E-state index contributed by atoms with van der Waals surface area (Å²) in [5.74, 6) is -0.339. The van der Waals surface area contributed by atoms with Crippen molar-refractivity contribution in [2.45, 2.75) is 31.2 Å². The summed E-state index contributed by atoms with van der Waals surface area (Å²) >= 11 is 0. The standard InChI is InChI=1S/C16H18N2O3/c19-10-16(7-3-4-8-16)18-15(21)13-9-14(20)11-5-1-2-6-12(11)17-13/h1-2,5-6,9,19H,3-4,7-8,10H2,(H,17,20)(H,18,21). The number of fused-ring (bicyclic) bond motifs is 1. The van der Waals surface area contributed by atoms with E-state index in [4.69, 9.17) is 0 Å². The Bertz CT molecular complexity index is 730. The van der Waals surface area contributed by atoms with E-state index in [9.17, 15) is 14.7 Å². The van der Waals surface area contributed by atoms with E-state index >= 15 is 0 Å². The third-order valence-electron chi connectivity index (χ3n) is 4.22. The van der Waals surface area contributed by atoms with Crippen LogP contribution in [0.4, 0.5) is 0 Å². The Kier molecular flexibility index (Phi) is 3.51. The second kappa shape index (κ2) is 5.33. The number of carbonyl (C=O) groups is 1. The molecule has 1 fully saturated rings. The molecule has 21 heavy (non-hydrogen) atoms. The van der Waals surface area contributed by atoms with Crippen LogP contribution < -0.4 is 10.7 Å². The van der Waals surface area contributed by atoms with Crippen molar-refractivity contribution >= 4 is 16.8 Å². The van der Waals surface area contributed by atoms with E-state index in [-0.39, 0.29) is 23.6 Å². The average Bonchev–Trinajstić information content (AvgIpc) is 2.96. The molecule has 1 amide bonds. The van der Waals surface area contributed by atoms with Gasteiger partial charge in [0.25, 0.3) is 5.91 Å². The molecule has 1 aromatic carbocycles. The van der Waals surface area contributed by atoms with E-state index in [2.05, 4.69) is 10.3 Å². The number of hydrogen-bond acceptors (Lipinski definition) is 3. The van der Waals surface area contributed by atoms with E-state index in [1.807, 2.05) is 6.07 Å². The Morgan fingerprint density at radius 2 is 2.00 bits per heavy atom. The zero-order chi connectivity index (χ0) is 14.9. The van der Waals surface area contributed by atoms with Crippen molar-refractivity contribution in [3.05, 3.63) is 46.2 Å². The smallest absolute Gasteiger partial charge is 0.268 e. The van der Waals surface area contributed by atoms with Crippen molar-refractivity contribution in [3.63, 3.8) is 0 Å². The Balaban J connectivity index is 1.93. The summed E-state index contributed by atoms with van der Waals surface area (Å²) in [6, 6.07) is 8.41. The van der Waals surface area contributed by atoms with Gasteiger partial charge >= 0.3 is 0 Å². The third kappa shape index (κ3) is 2.56. The van der Waals surface area contributed by atoms with Gasteiger partial charge in [-0.3, -0.25) is 9.59 Å². The molecule has 0 radical (unpaired) electrons. The number of aliphatic hydroxyl groups excluding tert-OH is 1. The molecule has 0 spiro atoms. The molecule has 1 aromatic heterocycles. The summed E-state index contributed by atoms with van der Waals surface area (Å²) in [6.45, 7) is -0.0729. The summed E-state index contributed by atoms with van der Waals surface area (Å²) in [7, 11) is 0. The number of rotatable bonds is 3. The van der Waals surface area contributed by atoms with Crippen molar-refractivity contribution in [1.29, 1.82) is 0 Å². The maximum Gasteiger partial charge on any atom is 0.268 e. The molecule has 5 nitrogen and oxygen atoms in total. The molecule has 3 rings (SSSR count). The van der Waals surface area contributed by atoms with E-state index in [0.29, 0.717) is 10.9 Å². The van der Waals surface area contributed by atoms with Gasteiger partial charge in [-0.1, -0.05) is 25.0 Å². The number of aromatic amines is 1. The third-order valence-corrected chi connectivity index (χ3v) is 4.22. The van der Waals surface area contributed by atoms with Crippen molar-refractivity contribution in [2.24, 2.45) is 0 Å². The van der Waals surface area contributed by atoms with Crippen LogP contribution in [0.25, 0.3) is 10.9 Å². The van der Waals surface area contributed by atoms with Crippen LogP contribution in [0.15, 0.2) is 35.1 Å². The molecule has 0 atom stereocenters.